The van der Waals surface area contributed by atoms with E-state index in [2.05, 4.69) is 91.7 Å². The summed E-state index contributed by atoms with van der Waals surface area (Å²) >= 11 is 0. The van der Waals surface area contributed by atoms with Crippen molar-refractivity contribution in [2.45, 2.75) is 91.7 Å². The highest BCUT2D eigenvalue weighted by atomic mass is 28.5. The third-order valence-electron chi connectivity index (χ3n) is 2.53. The maximum atomic E-state index is 6.03. The first kappa shape index (κ1) is 29.5. The highest BCUT2D eigenvalue weighted by Gasteiger charge is 2.31. The molecule has 0 aliphatic rings. The van der Waals surface area contributed by atoms with Gasteiger partial charge in [0.1, 0.15) is 0 Å². The maximum absolute atomic E-state index is 6.03. The van der Waals surface area contributed by atoms with Crippen molar-refractivity contribution in [3.8, 4) is 0 Å². The summed E-state index contributed by atoms with van der Waals surface area (Å²) in [7, 11) is -9.33. The van der Waals surface area contributed by atoms with Gasteiger partial charge in [0, 0.05) is 0 Å². The van der Waals surface area contributed by atoms with E-state index in [4.69, 9.17) is 20.6 Å². The van der Waals surface area contributed by atoms with E-state index >= 15 is 0 Å². The van der Waals surface area contributed by atoms with Crippen LogP contribution in [0.15, 0.2) is 0 Å². The fourth-order valence-electron chi connectivity index (χ4n) is 2.68. The Bertz CT molecular complexity index is 361. The Hall–Kier alpha value is 1.32. The third kappa shape index (κ3) is 21.6. The van der Waals surface area contributed by atoms with E-state index in [9.17, 15) is 0 Å². The van der Waals surface area contributed by atoms with Crippen LogP contribution in [0.1, 0.15) is 0 Å². The Kier molecular flexibility index (Phi) is 14.5. The molecular weight excluding hydrogens is 445 g/mol. The Balaban J connectivity index is 0. The molecule has 0 aliphatic carbocycles. The zero-order valence-corrected chi connectivity index (χ0v) is 27.5. The molecule has 0 aliphatic heterocycles. The molecule has 0 heterocycles. The van der Waals surface area contributed by atoms with Gasteiger partial charge >= 0.3 is 17.1 Å². The lowest BCUT2D eigenvalue weighted by atomic mass is 11.8. The fraction of sp³-hybridized carbons (Fsp3) is 1.00. The first-order valence-corrected chi connectivity index (χ1v) is 29.2. The van der Waals surface area contributed by atoms with Crippen molar-refractivity contribution >= 4 is 61.8 Å². The molecule has 0 rings (SSSR count). The van der Waals surface area contributed by atoms with Gasteiger partial charge in [0.05, 0.1) is 0 Å². The molecule has 0 N–H and O–H groups in total. The average molecular weight is 491 g/mol. The van der Waals surface area contributed by atoms with E-state index in [0.29, 0.717) is 0 Å². The van der Waals surface area contributed by atoms with Crippen LogP contribution in [0.3, 0.4) is 0 Å². The van der Waals surface area contributed by atoms with Gasteiger partial charge in [-0.25, -0.2) is 0 Å². The van der Waals surface area contributed by atoms with Crippen molar-refractivity contribution < 1.29 is 20.6 Å². The summed E-state index contributed by atoms with van der Waals surface area (Å²) in [6, 6.07) is 0. The predicted octanol–water partition coefficient (Wildman–Crippen LogP) is 4.09. The molecule has 12 heteroatoms. The van der Waals surface area contributed by atoms with Crippen LogP contribution in [0.25, 0.3) is 0 Å². The highest BCUT2D eigenvalue weighted by molar-refractivity contribution is 6.81. The van der Waals surface area contributed by atoms with Crippen molar-refractivity contribution in [3.05, 3.63) is 0 Å². The molecule has 0 spiro atoms. The molecule has 1 atom stereocenters. The second kappa shape index (κ2) is 12.8. The number of rotatable bonds is 10. The molecule has 0 aromatic heterocycles. The zero-order valence-electron chi connectivity index (χ0n) is 19.9. The zero-order chi connectivity index (χ0) is 21.3. The maximum Gasteiger partial charge on any atom is 0.312 e. The Morgan fingerprint density at radius 3 is 0.923 bits per heavy atom. The van der Waals surface area contributed by atoms with E-state index in [1.807, 2.05) is 0 Å². The van der Waals surface area contributed by atoms with Crippen molar-refractivity contribution in [2.75, 3.05) is 0 Å². The highest BCUT2D eigenvalue weighted by Crippen LogP contribution is 2.13. The van der Waals surface area contributed by atoms with Gasteiger partial charge in [0.25, 0.3) is 9.28 Å². The van der Waals surface area contributed by atoms with Gasteiger partial charge in [-0.2, -0.15) is 0 Å². The first-order valence-electron chi connectivity index (χ1n) is 9.74. The van der Waals surface area contributed by atoms with E-state index in [1.165, 1.54) is 0 Å². The summed E-state index contributed by atoms with van der Waals surface area (Å²) in [6.07, 6.45) is 0. The van der Waals surface area contributed by atoms with E-state index in [-0.39, 0.29) is 0 Å². The largest absolute Gasteiger partial charge is 0.440 e. The molecule has 0 aromatic rings. The topological polar surface area (TPSA) is 46.2 Å². The minimum absolute atomic E-state index is 0.895. The van der Waals surface area contributed by atoms with Crippen LogP contribution in [0.4, 0.5) is 0 Å². The second-order valence-corrected chi connectivity index (χ2v) is 31.2. The van der Waals surface area contributed by atoms with Crippen LogP contribution < -0.4 is 0 Å². The number of hydrogen-bond donors (Lipinski definition) is 0. The summed E-state index contributed by atoms with van der Waals surface area (Å²) in [4.78, 5) is 0. The lowest BCUT2D eigenvalue weighted by Crippen LogP contribution is -2.46. The summed E-state index contributed by atoms with van der Waals surface area (Å²) < 4.78 is 29.6. The van der Waals surface area contributed by atoms with Crippen LogP contribution in [-0.2, 0) is 20.6 Å². The average Bonchev–Trinajstić information content (AvgIpc) is 2.17. The minimum Gasteiger partial charge on any atom is -0.440 e. The van der Waals surface area contributed by atoms with Gasteiger partial charge in [-0.3, -0.25) is 0 Å². The van der Waals surface area contributed by atoms with E-state index < -0.39 is 61.8 Å². The SMILES string of the molecule is C[SiH](C)O[Si](C)(C)O[SiH](C)C.C[SiH](C)O[Si](C)(C)O[SiH](C)O[Si](C)(C)C. The molecule has 5 nitrogen and oxygen atoms in total. The van der Waals surface area contributed by atoms with Crippen LogP contribution in [-0.4, -0.2) is 61.8 Å². The van der Waals surface area contributed by atoms with Crippen LogP contribution in [0.2, 0.25) is 91.7 Å². The molecule has 1 unspecified atom stereocenters. The van der Waals surface area contributed by atoms with Gasteiger partial charge in [-0.1, -0.05) is 0 Å². The van der Waals surface area contributed by atoms with Crippen LogP contribution in [0.5, 0.6) is 0 Å². The standard InChI is InChI=1S/C8H26O3Si4.C6H20O2Si3/c1-12(2)9-15(7,8)11-13(3)10-14(4,5)6;1-9(2)7-11(5,6)8-10(3)4/h12-13H,1-8H3;9-10H,1-6H3. The Morgan fingerprint density at radius 2 is 0.692 bits per heavy atom. The minimum atomic E-state index is -1.91. The third-order valence-corrected chi connectivity index (χ3v) is 22.8. The normalized spacial score (nSPS) is 14.7. The predicted molar refractivity (Wildman–Crippen MR) is 133 cm³/mol. The number of hydrogen-bond acceptors (Lipinski definition) is 5. The van der Waals surface area contributed by atoms with Crippen molar-refractivity contribution in [3.63, 3.8) is 0 Å². The fourth-order valence-corrected chi connectivity index (χ4v) is 25.6. The summed E-state index contributed by atoms with van der Waals surface area (Å²) in [6.45, 7) is 30.4. The quantitative estimate of drug-likeness (QED) is 0.431. The van der Waals surface area contributed by atoms with Gasteiger partial charge in [0.2, 0.25) is 0 Å². The lowest BCUT2D eigenvalue weighted by molar-refractivity contribution is 0.357. The molecular formula is C14H46O5Si7. The Morgan fingerprint density at radius 1 is 0.423 bits per heavy atom. The molecule has 160 valence electrons. The van der Waals surface area contributed by atoms with Crippen molar-refractivity contribution in [1.29, 1.82) is 0 Å². The molecule has 0 saturated carbocycles. The molecule has 26 heavy (non-hydrogen) atoms. The van der Waals surface area contributed by atoms with Gasteiger partial charge in [0.15, 0.2) is 35.4 Å². The van der Waals surface area contributed by atoms with E-state index in [1.54, 1.807) is 0 Å². The molecule has 0 saturated heterocycles. The van der Waals surface area contributed by atoms with Crippen LogP contribution in [0, 0.1) is 0 Å². The monoisotopic (exact) mass is 490 g/mol. The van der Waals surface area contributed by atoms with Crippen LogP contribution >= 0.6 is 0 Å². The summed E-state index contributed by atoms with van der Waals surface area (Å²) in [5.74, 6) is 0. The molecule has 0 radical (unpaired) electrons. The lowest BCUT2D eigenvalue weighted by Gasteiger charge is -2.31. The van der Waals surface area contributed by atoms with Crippen molar-refractivity contribution in [2.24, 2.45) is 0 Å². The smallest absolute Gasteiger partial charge is 0.312 e. The summed E-state index contributed by atoms with van der Waals surface area (Å²) in [5.41, 5.74) is 0. The Labute approximate surface area is 173 Å². The summed E-state index contributed by atoms with van der Waals surface area (Å²) in [5, 5.41) is 0. The molecule has 0 amide bonds. The molecule has 0 bridgehead atoms. The van der Waals surface area contributed by atoms with Gasteiger partial charge in [-0.15, -0.1) is 0 Å². The molecule has 0 aromatic carbocycles. The molecule has 0 fully saturated rings. The first-order chi connectivity index (χ1) is 11.4. The van der Waals surface area contributed by atoms with E-state index in [0.717, 1.165) is 0 Å². The van der Waals surface area contributed by atoms with Gasteiger partial charge < -0.3 is 20.6 Å². The van der Waals surface area contributed by atoms with Crippen molar-refractivity contribution in [1.82, 2.24) is 0 Å². The second-order valence-electron chi connectivity index (χ2n) is 9.22. The van der Waals surface area contributed by atoms with Gasteiger partial charge in [-0.05, 0) is 91.7 Å².